The van der Waals surface area contributed by atoms with Crippen molar-refractivity contribution in [2.24, 2.45) is 0 Å². The van der Waals surface area contributed by atoms with Crippen LogP contribution in [0.4, 0.5) is 4.39 Å². The molecule has 2 rings (SSSR count). The molecule has 0 aliphatic heterocycles. The normalized spacial score (nSPS) is 12.7. The average Bonchev–Trinajstić information content (AvgIpc) is 2.71. The molecule has 0 aliphatic rings. The molecule has 90 valence electrons. The van der Waals surface area contributed by atoms with E-state index < -0.39 is 0 Å². The van der Waals surface area contributed by atoms with Crippen molar-refractivity contribution in [3.8, 4) is 0 Å². The minimum absolute atomic E-state index is 0.189. The van der Waals surface area contributed by atoms with Gasteiger partial charge in [0.25, 0.3) is 0 Å². The van der Waals surface area contributed by atoms with E-state index in [0.29, 0.717) is 4.67 Å². The van der Waals surface area contributed by atoms with Gasteiger partial charge in [0, 0.05) is 4.47 Å². The minimum atomic E-state index is -0.269. The number of rotatable bonds is 3. The molecular formula is C12H10Br2FNO. The van der Waals surface area contributed by atoms with E-state index in [1.807, 2.05) is 12.1 Å². The van der Waals surface area contributed by atoms with E-state index in [-0.39, 0.29) is 11.9 Å². The molecule has 0 bridgehead atoms. The maximum atomic E-state index is 13.3. The number of halogens is 3. The van der Waals surface area contributed by atoms with E-state index in [4.69, 9.17) is 4.42 Å². The van der Waals surface area contributed by atoms with Crippen LogP contribution < -0.4 is 5.32 Å². The summed E-state index contributed by atoms with van der Waals surface area (Å²) in [7, 11) is 1.80. The van der Waals surface area contributed by atoms with Gasteiger partial charge in [0.1, 0.15) is 11.6 Å². The molecule has 0 radical (unpaired) electrons. The first-order valence-electron chi connectivity index (χ1n) is 4.99. The second-order valence-electron chi connectivity index (χ2n) is 3.53. The maximum absolute atomic E-state index is 13.3. The van der Waals surface area contributed by atoms with E-state index in [9.17, 15) is 4.39 Å². The van der Waals surface area contributed by atoms with Crippen LogP contribution in [0.2, 0.25) is 0 Å². The molecule has 0 saturated carbocycles. The largest absolute Gasteiger partial charge is 0.452 e. The van der Waals surface area contributed by atoms with E-state index in [2.05, 4.69) is 37.2 Å². The predicted molar refractivity (Wildman–Crippen MR) is 71.4 cm³/mol. The lowest BCUT2D eigenvalue weighted by Gasteiger charge is -2.15. The van der Waals surface area contributed by atoms with Gasteiger partial charge in [-0.25, -0.2) is 4.39 Å². The van der Waals surface area contributed by atoms with Crippen molar-refractivity contribution >= 4 is 31.9 Å². The van der Waals surface area contributed by atoms with Gasteiger partial charge in [0.05, 0.1) is 6.04 Å². The molecule has 17 heavy (non-hydrogen) atoms. The molecule has 0 aliphatic carbocycles. The summed E-state index contributed by atoms with van der Waals surface area (Å²) in [6.07, 6.45) is 0. The third-order valence-electron chi connectivity index (χ3n) is 2.44. The zero-order valence-corrected chi connectivity index (χ0v) is 12.2. The van der Waals surface area contributed by atoms with Gasteiger partial charge in [-0.05, 0) is 58.9 Å². The van der Waals surface area contributed by atoms with Gasteiger partial charge < -0.3 is 9.73 Å². The van der Waals surface area contributed by atoms with E-state index in [0.717, 1.165) is 15.8 Å². The van der Waals surface area contributed by atoms with Crippen molar-refractivity contribution in [1.29, 1.82) is 0 Å². The van der Waals surface area contributed by atoms with Crippen LogP contribution in [0.1, 0.15) is 17.4 Å². The minimum Gasteiger partial charge on any atom is -0.452 e. The molecule has 1 atom stereocenters. The monoisotopic (exact) mass is 361 g/mol. The van der Waals surface area contributed by atoms with Crippen molar-refractivity contribution in [1.82, 2.24) is 5.32 Å². The zero-order chi connectivity index (χ0) is 12.4. The van der Waals surface area contributed by atoms with Gasteiger partial charge in [-0.1, -0.05) is 15.9 Å². The van der Waals surface area contributed by atoms with Crippen molar-refractivity contribution in [3.05, 3.63) is 56.6 Å². The Bertz CT molecular complexity index is 527. The second-order valence-corrected chi connectivity index (χ2v) is 5.17. The lowest BCUT2D eigenvalue weighted by Crippen LogP contribution is -2.17. The topological polar surface area (TPSA) is 25.2 Å². The number of benzene rings is 1. The molecule has 0 spiro atoms. The summed E-state index contributed by atoms with van der Waals surface area (Å²) >= 11 is 6.67. The van der Waals surface area contributed by atoms with Gasteiger partial charge in [-0.3, -0.25) is 0 Å². The highest BCUT2D eigenvalue weighted by molar-refractivity contribution is 9.10. The smallest absolute Gasteiger partial charge is 0.169 e. The van der Waals surface area contributed by atoms with Crippen LogP contribution in [0.3, 0.4) is 0 Å². The molecule has 5 heteroatoms. The van der Waals surface area contributed by atoms with E-state index in [1.165, 1.54) is 12.1 Å². The Hall–Kier alpha value is -0.650. The summed E-state index contributed by atoms with van der Waals surface area (Å²) in [5.74, 6) is 0.458. The first kappa shape index (κ1) is 12.8. The Kier molecular flexibility index (Phi) is 4.01. The number of hydrogen-bond donors (Lipinski definition) is 1. The Morgan fingerprint density at radius 3 is 2.59 bits per heavy atom. The second kappa shape index (κ2) is 5.33. The highest BCUT2D eigenvalue weighted by Gasteiger charge is 2.18. The van der Waals surface area contributed by atoms with Crippen molar-refractivity contribution in [2.75, 3.05) is 7.05 Å². The molecule has 2 aromatic rings. The van der Waals surface area contributed by atoms with Crippen molar-refractivity contribution in [2.45, 2.75) is 6.04 Å². The van der Waals surface area contributed by atoms with Gasteiger partial charge in [-0.15, -0.1) is 0 Å². The molecule has 2 nitrogen and oxygen atoms in total. The van der Waals surface area contributed by atoms with Crippen LogP contribution in [0.25, 0.3) is 0 Å². The number of furan rings is 1. The Labute approximate surface area is 115 Å². The number of nitrogens with one attached hydrogen (secondary N) is 1. The van der Waals surface area contributed by atoms with Crippen LogP contribution in [-0.2, 0) is 0 Å². The first-order valence-corrected chi connectivity index (χ1v) is 6.58. The summed E-state index contributed by atoms with van der Waals surface area (Å²) in [5.41, 5.74) is 0.800. The van der Waals surface area contributed by atoms with Gasteiger partial charge in [-0.2, -0.15) is 0 Å². The van der Waals surface area contributed by atoms with Gasteiger partial charge >= 0.3 is 0 Å². The first-order chi connectivity index (χ1) is 8.11. The fourth-order valence-electron chi connectivity index (χ4n) is 1.67. The van der Waals surface area contributed by atoms with Crippen LogP contribution in [0.5, 0.6) is 0 Å². The molecule has 1 N–H and O–H groups in total. The molecule has 1 aromatic heterocycles. The fraction of sp³-hybridized carbons (Fsp3) is 0.167. The Morgan fingerprint density at radius 1 is 1.24 bits per heavy atom. The van der Waals surface area contributed by atoms with Gasteiger partial charge in [0.2, 0.25) is 0 Å². The lowest BCUT2D eigenvalue weighted by molar-refractivity contribution is 0.445. The molecule has 0 amide bonds. The fourth-order valence-corrected chi connectivity index (χ4v) is 2.46. The predicted octanol–water partition coefficient (Wildman–Crippen LogP) is 4.25. The average molecular weight is 363 g/mol. The highest BCUT2D eigenvalue weighted by Crippen LogP contribution is 2.31. The summed E-state index contributed by atoms with van der Waals surface area (Å²) in [5, 5.41) is 3.10. The molecule has 1 aromatic carbocycles. The third kappa shape index (κ3) is 2.78. The van der Waals surface area contributed by atoms with Crippen molar-refractivity contribution in [3.63, 3.8) is 0 Å². The highest BCUT2D eigenvalue weighted by atomic mass is 79.9. The summed E-state index contributed by atoms with van der Waals surface area (Å²) in [4.78, 5) is 0. The molecule has 1 heterocycles. The third-order valence-corrected chi connectivity index (χ3v) is 3.58. The van der Waals surface area contributed by atoms with E-state index in [1.54, 1.807) is 13.1 Å². The Balaban J connectivity index is 2.45. The van der Waals surface area contributed by atoms with Crippen molar-refractivity contribution < 1.29 is 8.81 Å². The van der Waals surface area contributed by atoms with Crippen LogP contribution in [0.15, 0.2) is 43.9 Å². The number of hydrogen-bond acceptors (Lipinski definition) is 2. The summed E-state index contributed by atoms with van der Waals surface area (Å²) in [6, 6.07) is 8.06. The zero-order valence-electron chi connectivity index (χ0n) is 9.01. The van der Waals surface area contributed by atoms with Crippen LogP contribution in [-0.4, -0.2) is 7.05 Å². The molecule has 1 unspecified atom stereocenters. The lowest BCUT2D eigenvalue weighted by atomic mass is 10.0. The van der Waals surface area contributed by atoms with E-state index >= 15 is 0 Å². The van der Waals surface area contributed by atoms with Gasteiger partial charge in [0.15, 0.2) is 4.67 Å². The van der Waals surface area contributed by atoms with Crippen LogP contribution >= 0.6 is 31.9 Å². The SMILES string of the molecule is CNC(c1ccc(Br)o1)c1cc(F)ccc1Br. The quantitative estimate of drug-likeness (QED) is 0.882. The molecular weight excluding hydrogens is 353 g/mol. The molecule has 0 saturated heterocycles. The summed E-state index contributed by atoms with van der Waals surface area (Å²) < 4.78 is 20.3. The van der Waals surface area contributed by atoms with Crippen LogP contribution in [0, 0.1) is 5.82 Å². The summed E-state index contributed by atoms with van der Waals surface area (Å²) in [6.45, 7) is 0. The molecule has 0 fully saturated rings. The standard InChI is InChI=1S/C12H10Br2FNO/c1-16-12(10-4-5-11(14)17-10)8-6-7(15)2-3-9(8)13/h2-6,12,16H,1H3. The maximum Gasteiger partial charge on any atom is 0.169 e. The Morgan fingerprint density at radius 2 is 2.00 bits per heavy atom.